The van der Waals surface area contributed by atoms with Crippen LogP contribution in [0.25, 0.3) is 0 Å². The van der Waals surface area contributed by atoms with Crippen LogP contribution >= 0.6 is 0 Å². The fraction of sp³-hybridized carbons (Fsp3) is 0.571. The molecule has 1 heterocycles. The van der Waals surface area contributed by atoms with E-state index in [0.717, 1.165) is 0 Å². The van der Waals surface area contributed by atoms with Crippen LogP contribution in [0.2, 0.25) is 0 Å². The minimum absolute atomic E-state index is 0.0732. The summed E-state index contributed by atoms with van der Waals surface area (Å²) < 4.78 is 16.4. The van der Waals surface area contributed by atoms with Gasteiger partial charge in [-0.3, -0.25) is 0 Å². The van der Waals surface area contributed by atoms with Crippen LogP contribution in [0.5, 0.6) is 11.5 Å². The highest BCUT2D eigenvalue weighted by Crippen LogP contribution is 2.27. The van der Waals surface area contributed by atoms with Gasteiger partial charge in [0.1, 0.15) is 29.8 Å². The Bertz CT molecular complexity index is 455. The van der Waals surface area contributed by atoms with E-state index in [9.17, 15) is 20.4 Å². The van der Waals surface area contributed by atoms with Crippen molar-refractivity contribution in [3.8, 4) is 11.5 Å². The number of hydrogen-bond acceptors (Lipinski definition) is 8. The SMILES string of the molecule is NCCO[C@H]1OC(CO)[C@@H](O)C(O)C1Oc1ccc(O)cc1. The van der Waals surface area contributed by atoms with Gasteiger partial charge in [0.2, 0.25) is 0 Å². The molecule has 0 radical (unpaired) electrons. The zero-order valence-electron chi connectivity index (χ0n) is 11.9. The van der Waals surface area contributed by atoms with E-state index in [0.29, 0.717) is 5.75 Å². The molecule has 0 aromatic heterocycles. The molecule has 0 spiro atoms. The molecule has 1 aromatic carbocycles. The van der Waals surface area contributed by atoms with E-state index in [1.807, 2.05) is 0 Å². The van der Waals surface area contributed by atoms with Crippen molar-refractivity contribution in [1.82, 2.24) is 0 Å². The van der Waals surface area contributed by atoms with Crippen molar-refractivity contribution >= 4 is 0 Å². The lowest BCUT2D eigenvalue weighted by Gasteiger charge is -2.41. The third-order valence-corrected chi connectivity index (χ3v) is 3.33. The van der Waals surface area contributed by atoms with Gasteiger partial charge in [-0.15, -0.1) is 0 Å². The molecule has 8 heteroatoms. The van der Waals surface area contributed by atoms with E-state index >= 15 is 0 Å². The van der Waals surface area contributed by atoms with Crippen molar-refractivity contribution < 1.29 is 34.6 Å². The number of aliphatic hydroxyl groups is 3. The monoisotopic (exact) mass is 315 g/mol. The minimum Gasteiger partial charge on any atom is -0.508 e. The van der Waals surface area contributed by atoms with Crippen LogP contribution in [-0.2, 0) is 9.47 Å². The standard InChI is InChI=1S/C14H21NO7/c15-5-6-20-14-13(12(19)11(18)10(7-16)22-14)21-9-3-1-8(17)2-4-9/h1-4,10-14,16-19H,5-7,15H2/t10?,11-,12?,13?,14+/m1/s1. The van der Waals surface area contributed by atoms with Crippen molar-refractivity contribution in [1.29, 1.82) is 0 Å². The van der Waals surface area contributed by atoms with Gasteiger partial charge in [-0.2, -0.15) is 0 Å². The highest BCUT2D eigenvalue weighted by atomic mass is 16.7. The molecule has 1 saturated heterocycles. The predicted molar refractivity (Wildman–Crippen MR) is 75.3 cm³/mol. The summed E-state index contributed by atoms with van der Waals surface area (Å²) in [5, 5.41) is 38.6. The molecule has 0 amide bonds. The topological polar surface area (TPSA) is 135 Å². The predicted octanol–water partition coefficient (Wildman–Crippen LogP) is -1.45. The first kappa shape index (κ1) is 16.9. The maximum absolute atomic E-state index is 10.2. The summed E-state index contributed by atoms with van der Waals surface area (Å²) >= 11 is 0. The lowest BCUT2D eigenvalue weighted by atomic mass is 9.99. The average molecular weight is 315 g/mol. The summed E-state index contributed by atoms with van der Waals surface area (Å²) in [5.74, 6) is 0.436. The van der Waals surface area contributed by atoms with E-state index in [1.54, 1.807) is 0 Å². The van der Waals surface area contributed by atoms with Gasteiger partial charge in [-0.1, -0.05) is 0 Å². The Labute approximate surface area is 127 Å². The molecule has 22 heavy (non-hydrogen) atoms. The fourth-order valence-electron chi connectivity index (χ4n) is 2.18. The van der Waals surface area contributed by atoms with Gasteiger partial charge in [-0.25, -0.2) is 0 Å². The van der Waals surface area contributed by atoms with Gasteiger partial charge in [-0.05, 0) is 24.3 Å². The molecule has 3 unspecified atom stereocenters. The number of aliphatic hydroxyl groups excluding tert-OH is 3. The number of phenols is 1. The molecule has 1 aliphatic heterocycles. The Balaban J connectivity index is 2.13. The van der Waals surface area contributed by atoms with Gasteiger partial charge in [0.15, 0.2) is 12.4 Å². The molecule has 0 saturated carbocycles. The van der Waals surface area contributed by atoms with Gasteiger partial charge < -0.3 is 40.4 Å². The van der Waals surface area contributed by atoms with Gasteiger partial charge in [0.25, 0.3) is 0 Å². The first-order valence-corrected chi connectivity index (χ1v) is 6.96. The van der Waals surface area contributed by atoms with E-state index in [-0.39, 0.29) is 18.9 Å². The zero-order chi connectivity index (χ0) is 16.1. The van der Waals surface area contributed by atoms with Crippen molar-refractivity contribution in [2.45, 2.75) is 30.7 Å². The highest BCUT2D eigenvalue weighted by Gasteiger charge is 2.46. The highest BCUT2D eigenvalue weighted by molar-refractivity contribution is 5.30. The number of benzene rings is 1. The Hall–Kier alpha value is -1.42. The largest absolute Gasteiger partial charge is 0.508 e. The quantitative estimate of drug-likeness (QED) is 0.430. The Morgan fingerprint density at radius 2 is 1.82 bits per heavy atom. The Kier molecular flexibility index (Phi) is 5.95. The molecule has 0 bridgehead atoms. The van der Waals surface area contributed by atoms with Crippen molar-refractivity contribution in [3.05, 3.63) is 24.3 Å². The number of phenolic OH excluding ortho intramolecular Hbond substituents is 1. The maximum atomic E-state index is 10.2. The second-order valence-electron chi connectivity index (χ2n) is 4.94. The minimum atomic E-state index is -1.32. The average Bonchev–Trinajstić information content (AvgIpc) is 2.53. The molecule has 1 aromatic rings. The molecule has 124 valence electrons. The number of hydrogen-bond donors (Lipinski definition) is 5. The van der Waals surface area contributed by atoms with Crippen LogP contribution < -0.4 is 10.5 Å². The smallest absolute Gasteiger partial charge is 0.197 e. The van der Waals surface area contributed by atoms with Gasteiger partial charge in [0.05, 0.1) is 13.2 Å². The van der Waals surface area contributed by atoms with E-state index in [2.05, 4.69) is 0 Å². The molecule has 1 fully saturated rings. The Morgan fingerprint density at radius 1 is 1.14 bits per heavy atom. The van der Waals surface area contributed by atoms with Crippen LogP contribution in [0.1, 0.15) is 0 Å². The summed E-state index contributed by atoms with van der Waals surface area (Å²) in [5.41, 5.74) is 5.38. The molecule has 6 N–H and O–H groups in total. The lowest BCUT2D eigenvalue weighted by molar-refractivity contribution is -0.294. The third kappa shape index (κ3) is 3.86. The second kappa shape index (κ2) is 7.73. The number of aromatic hydroxyl groups is 1. The van der Waals surface area contributed by atoms with Gasteiger partial charge >= 0.3 is 0 Å². The number of rotatable bonds is 6. The molecule has 8 nitrogen and oxygen atoms in total. The molecule has 2 rings (SSSR count). The summed E-state index contributed by atoms with van der Waals surface area (Å²) in [6.07, 6.45) is -5.61. The summed E-state index contributed by atoms with van der Waals surface area (Å²) in [6.45, 7) is -0.0536. The Morgan fingerprint density at radius 3 is 2.41 bits per heavy atom. The normalized spacial score (nSPS) is 31.9. The second-order valence-corrected chi connectivity index (χ2v) is 4.94. The van der Waals surface area contributed by atoms with Crippen LogP contribution in [0.4, 0.5) is 0 Å². The first-order valence-electron chi connectivity index (χ1n) is 6.96. The fourth-order valence-corrected chi connectivity index (χ4v) is 2.18. The van der Waals surface area contributed by atoms with Crippen molar-refractivity contribution in [3.63, 3.8) is 0 Å². The number of nitrogens with two attached hydrogens (primary N) is 1. The summed E-state index contributed by atoms with van der Waals surface area (Å²) in [4.78, 5) is 0. The molecular weight excluding hydrogens is 294 g/mol. The number of ether oxygens (including phenoxy) is 3. The molecule has 5 atom stereocenters. The van der Waals surface area contributed by atoms with Crippen molar-refractivity contribution in [2.75, 3.05) is 19.8 Å². The van der Waals surface area contributed by atoms with Crippen LogP contribution in [0.3, 0.4) is 0 Å². The third-order valence-electron chi connectivity index (χ3n) is 3.33. The van der Waals surface area contributed by atoms with E-state index in [1.165, 1.54) is 24.3 Å². The van der Waals surface area contributed by atoms with Gasteiger partial charge in [0, 0.05) is 6.54 Å². The van der Waals surface area contributed by atoms with Crippen molar-refractivity contribution in [2.24, 2.45) is 5.73 Å². The maximum Gasteiger partial charge on any atom is 0.197 e. The van der Waals surface area contributed by atoms with Crippen LogP contribution in [0.15, 0.2) is 24.3 Å². The molecular formula is C14H21NO7. The molecule has 1 aliphatic rings. The van der Waals surface area contributed by atoms with Crippen LogP contribution in [0, 0.1) is 0 Å². The molecule has 0 aliphatic carbocycles. The summed E-state index contributed by atoms with van der Waals surface area (Å²) in [6, 6.07) is 5.86. The zero-order valence-corrected chi connectivity index (χ0v) is 11.9. The summed E-state index contributed by atoms with van der Waals surface area (Å²) in [7, 11) is 0. The van der Waals surface area contributed by atoms with E-state index in [4.69, 9.17) is 19.9 Å². The first-order chi connectivity index (χ1) is 10.6. The van der Waals surface area contributed by atoms with Crippen LogP contribution in [-0.4, -0.2) is 70.9 Å². The van der Waals surface area contributed by atoms with E-state index < -0.39 is 37.3 Å². The lowest BCUT2D eigenvalue weighted by Crippen LogP contribution is -2.61.